The van der Waals surface area contributed by atoms with E-state index in [0.717, 1.165) is 63.7 Å². The Morgan fingerprint density at radius 1 is 1.08 bits per heavy atom. The van der Waals surface area contributed by atoms with Crippen LogP contribution in [0.3, 0.4) is 0 Å². The summed E-state index contributed by atoms with van der Waals surface area (Å²) in [6, 6.07) is 13.1. The summed E-state index contributed by atoms with van der Waals surface area (Å²) in [5.74, 6) is 0.749. The Morgan fingerprint density at radius 2 is 1.81 bits per heavy atom. The minimum atomic E-state index is -0.187. The minimum Gasteiger partial charge on any atom is -0.496 e. The van der Waals surface area contributed by atoms with Crippen molar-refractivity contribution in [3.05, 3.63) is 65.0 Å². The predicted molar refractivity (Wildman–Crippen MR) is 101 cm³/mol. The zero-order chi connectivity index (χ0) is 18.2. The summed E-state index contributed by atoms with van der Waals surface area (Å²) in [7, 11) is 1.72. The van der Waals surface area contributed by atoms with Crippen LogP contribution in [0.4, 0.5) is 4.39 Å². The maximum absolute atomic E-state index is 12.9. The molecule has 26 heavy (non-hydrogen) atoms. The molecule has 140 valence electrons. The third kappa shape index (κ3) is 5.53. The lowest BCUT2D eigenvalue weighted by molar-refractivity contribution is 0.0339. The summed E-state index contributed by atoms with van der Waals surface area (Å²) < 4.78 is 23.9. The molecule has 0 bridgehead atoms. The molecule has 0 saturated carbocycles. The molecule has 0 aromatic heterocycles. The van der Waals surface area contributed by atoms with E-state index in [4.69, 9.17) is 9.47 Å². The SMILES string of the molecule is COc1ccc(CNCCc2ccc(F)cc2)cc1CN1CCOCC1. The molecule has 0 unspecified atom stereocenters. The van der Waals surface area contributed by atoms with E-state index < -0.39 is 0 Å². The summed E-state index contributed by atoms with van der Waals surface area (Å²) >= 11 is 0. The molecule has 1 heterocycles. The van der Waals surface area contributed by atoms with Gasteiger partial charge in [0.1, 0.15) is 11.6 Å². The van der Waals surface area contributed by atoms with E-state index in [0.29, 0.717) is 0 Å². The van der Waals surface area contributed by atoms with Gasteiger partial charge in [0.25, 0.3) is 0 Å². The summed E-state index contributed by atoms with van der Waals surface area (Å²) in [6.45, 7) is 6.07. The molecule has 2 aromatic rings. The Kier molecular flexibility index (Phi) is 7.00. The van der Waals surface area contributed by atoms with Gasteiger partial charge in [-0.1, -0.05) is 18.2 Å². The molecule has 0 atom stereocenters. The molecule has 0 amide bonds. The summed E-state index contributed by atoms with van der Waals surface area (Å²) in [6.07, 6.45) is 0.886. The normalized spacial score (nSPS) is 15.2. The highest BCUT2D eigenvalue weighted by atomic mass is 19.1. The molecule has 0 spiro atoms. The lowest BCUT2D eigenvalue weighted by Crippen LogP contribution is -2.35. The smallest absolute Gasteiger partial charge is 0.123 e. The highest BCUT2D eigenvalue weighted by Crippen LogP contribution is 2.22. The van der Waals surface area contributed by atoms with Crippen LogP contribution in [0.15, 0.2) is 42.5 Å². The third-order valence-electron chi connectivity index (χ3n) is 4.68. The van der Waals surface area contributed by atoms with E-state index in [1.165, 1.54) is 23.3 Å². The van der Waals surface area contributed by atoms with Crippen molar-refractivity contribution < 1.29 is 13.9 Å². The number of ether oxygens (including phenoxy) is 2. The molecular weight excluding hydrogens is 331 g/mol. The molecule has 1 N–H and O–H groups in total. The number of halogens is 1. The second-order valence-electron chi connectivity index (χ2n) is 6.59. The molecule has 1 saturated heterocycles. The molecule has 0 aliphatic carbocycles. The van der Waals surface area contributed by atoms with Crippen molar-refractivity contribution in [3.8, 4) is 5.75 Å². The van der Waals surface area contributed by atoms with E-state index in [2.05, 4.69) is 22.3 Å². The van der Waals surface area contributed by atoms with Gasteiger partial charge in [-0.05, 0) is 48.4 Å². The molecule has 1 fully saturated rings. The molecule has 1 aliphatic rings. The number of nitrogens with zero attached hydrogens (tertiary/aromatic N) is 1. The predicted octanol–water partition coefficient (Wildman–Crippen LogP) is 3.00. The average molecular weight is 358 g/mol. The van der Waals surface area contributed by atoms with E-state index in [9.17, 15) is 4.39 Å². The standard InChI is InChI=1S/C21H27FN2O2/c1-25-21-7-4-18(14-19(21)16-24-10-12-26-13-11-24)15-23-9-8-17-2-5-20(22)6-3-17/h2-7,14,23H,8-13,15-16H2,1H3. The Morgan fingerprint density at radius 3 is 2.54 bits per heavy atom. The Balaban J connectivity index is 1.52. The molecule has 5 heteroatoms. The third-order valence-corrected chi connectivity index (χ3v) is 4.68. The van der Waals surface area contributed by atoms with Crippen LogP contribution < -0.4 is 10.1 Å². The maximum Gasteiger partial charge on any atom is 0.123 e. The molecule has 4 nitrogen and oxygen atoms in total. The first-order valence-electron chi connectivity index (χ1n) is 9.15. The second kappa shape index (κ2) is 9.67. The summed E-state index contributed by atoms with van der Waals surface area (Å²) in [4.78, 5) is 2.40. The van der Waals surface area contributed by atoms with Crippen LogP contribution in [0.2, 0.25) is 0 Å². The lowest BCUT2D eigenvalue weighted by atomic mass is 10.1. The largest absolute Gasteiger partial charge is 0.496 e. The highest BCUT2D eigenvalue weighted by molar-refractivity contribution is 5.37. The van der Waals surface area contributed by atoms with Crippen molar-refractivity contribution in [3.63, 3.8) is 0 Å². The average Bonchev–Trinajstić information content (AvgIpc) is 2.68. The van der Waals surface area contributed by atoms with Gasteiger partial charge >= 0.3 is 0 Å². The Hall–Kier alpha value is -1.95. The van der Waals surface area contributed by atoms with E-state index in [1.807, 2.05) is 18.2 Å². The lowest BCUT2D eigenvalue weighted by Gasteiger charge is -2.27. The number of benzene rings is 2. The van der Waals surface area contributed by atoms with Crippen LogP contribution in [-0.2, 0) is 24.2 Å². The summed E-state index contributed by atoms with van der Waals surface area (Å²) in [5.41, 5.74) is 3.60. The number of rotatable bonds is 8. The maximum atomic E-state index is 12.9. The van der Waals surface area contributed by atoms with E-state index in [-0.39, 0.29) is 5.82 Å². The molecule has 2 aromatic carbocycles. The van der Waals surface area contributed by atoms with E-state index >= 15 is 0 Å². The second-order valence-corrected chi connectivity index (χ2v) is 6.59. The van der Waals surface area contributed by atoms with Gasteiger partial charge < -0.3 is 14.8 Å². The van der Waals surface area contributed by atoms with Crippen LogP contribution >= 0.6 is 0 Å². The van der Waals surface area contributed by atoms with Gasteiger partial charge in [-0.15, -0.1) is 0 Å². The summed E-state index contributed by atoms with van der Waals surface area (Å²) in [5, 5.41) is 3.46. The van der Waals surface area contributed by atoms with Gasteiger partial charge in [0, 0.05) is 31.7 Å². The minimum absolute atomic E-state index is 0.187. The Labute approximate surface area is 154 Å². The van der Waals surface area contributed by atoms with Crippen molar-refractivity contribution >= 4 is 0 Å². The van der Waals surface area contributed by atoms with Gasteiger partial charge in [0.15, 0.2) is 0 Å². The van der Waals surface area contributed by atoms with Gasteiger partial charge in [0.2, 0.25) is 0 Å². The van der Waals surface area contributed by atoms with Crippen LogP contribution in [0.5, 0.6) is 5.75 Å². The van der Waals surface area contributed by atoms with E-state index in [1.54, 1.807) is 7.11 Å². The van der Waals surface area contributed by atoms with Crippen molar-refractivity contribution in [1.82, 2.24) is 10.2 Å². The van der Waals surface area contributed by atoms with Gasteiger partial charge in [-0.3, -0.25) is 4.90 Å². The van der Waals surface area contributed by atoms with Crippen molar-refractivity contribution in [2.75, 3.05) is 40.0 Å². The first kappa shape index (κ1) is 18.8. The van der Waals surface area contributed by atoms with Crippen molar-refractivity contribution in [1.29, 1.82) is 0 Å². The molecule has 0 radical (unpaired) electrons. The quantitative estimate of drug-likeness (QED) is 0.736. The number of hydrogen-bond acceptors (Lipinski definition) is 4. The van der Waals surface area contributed by atoms with Crippen LogP contribution in [0.25, 0.3) is 0 Å². The zero-order valence-corrected chi connectivity index (χ0v) is 15.3. The topological polar surface area (TPSA) is 33.7 Å². The van der Waals surface area contributed by atoms with Gasteiger partial charge in [-0.2, -0.15) is 0 Å². The molecular formula is C21H27FN2O2. The monoisotopic (exact) mass is 358 g/mol. The Bertz CT molecular complexity index is 685. The fourth-order valence-electron chi connectivity index (χ4n) is 3.18. The van der Waals surface area contributed by atoms with Crippen molar-refractivity contribution in [2.24, 2.45) is 0 Å². The number of morpholine rings is 1. The van der Waals surface area contributed by atoms with Gasteiger partial charge in [-0.25, -0.2) is 4.39 Å². The molecule has 1 aliphatic heterocycles. The number of hydrogen-bond donors (Lipinski definition) is 1. The van der Waals surface area contributed by atoms with Crippen LogP contribution in [-0.4, -0.2) is 44.9 Å². The van der Waals surface area contributed by atoms with Gasteiger partial charge in [0.05, 0.1) is 20.3 Å². The molecule has 3 rings (SSSR count). The fourth-order valence-corrected chi connectivity index (χ4v) is 3.18. The van der Waals surface area contributed by atoms with Crippen LogP contribution in [0, 0.1) is 5.82 Å². The number of methoxy groups -OCH3 is 1. The first-order valence-corrected chi connectivity index (χ1v) is 9.15. The number of nitrogens with one attached hydrogen (secondary N) is 1. The van der Waals surface area contributed by atoms with Crippen LogP contribution in [0.1, 0.15) is 16.7 Å². The van der Waals surface area contributed by atoms with Crippen molar-refractivity contribution in [2.45, 2.75) is 19.5 Å². The highest BCUT2D eigenvalue weighted by Gasteiger charge is 2.13. The zero-order valence-electron chi connectivity index (χ0n) is 15.3. The fraction of sp³-hybridized carbons (Fsp3) is 0.429. The first-order chi connectivity index (χ1) is 12.7.